The Hall–Kier alpha value is -0.280. The van der Waals surface area contributed by atoms with Crippen LogP contribution in [0.15, 0.2) is 18.2 Å². The second-order valence-electron chi connectivity index (χ2n) is 7.16. The lowest BCUT2D eigenvalue weighted by Gasteiger charge is -2.44. The summed E-state index contributed by atoms with van der Waals surface area (Å²) in [6.45, 7) is 12.4. The quantitative estimate of drug-likeness (QED) is 0.892. The molecule has 0 amide bonds. The monoisotopic (exact) mass is 328 g/mol. The zero-order chi connectivity index (χ0) is 15.6. The van der Waals surface area contributed by atoms with Gasteiger partial charge in [0.2, 0.25) is 0 Å². The highest BCUT2D eigenvalue weighted by Gasteiger charge is 2.32. The molecule has 0 bridgehead atoms. The van der Waals surface area contributed by atoms with Gasteiger partial charge in [-0.05, 0) is 36.5 Å². The summed E-state index contributed by atoms with van der Waals surface area (Å²) in [6, 6.07) is 6.89. The van der Waals surface area contributed by atoms with Crippen LogP contribution in [0.2, 0.25) is 10.0 Å². The Morgan fingerprint density at radius 2 is 2.00 bits per heavy atom. The van der Waals surface area contributed by atoms with E-state index in [-0.39, 0.29) is 5.41 Å². The molecule has 1 heterocycles. The summed E-state index contributed by atoms with van der Waals surface area (Å²) >= 11 is 12.2. The minimum atomic E-state index is 0.288. The first-order chi connectivity index (χ1) is 9.77. The molecular weight excluding hydrogens is 303 g/mol. The lowest BCUT2D eigenvalue weighted by Crippen LogP contribution is -2.59. The molecule has 2 unspecified atom stereocenters. The highest BCUT2D eigenvalue weighted by atomic mass is 35.5. The van der Waals surface area contributed by atoms with Crippen molar-refractivity contribution in [3.05, 3.63) is 33.8 Å². The summed E-state index contributed by atoms with van der Waals surface area (Å²) in [6.07, 6.45) is 0.969. The Kier molecular flexibility index (Phi) is 5.59. The van der Waals surface area contributed by atoms with Gasteiger partial charge in [-0.2, -0.15) is 0 Å². The number of nitrogens with one attached hydrogen (secondary N) is 1. The minimum absolute atomic E-state index is 0.288. The predicted molar refractivity (Wildman–Crippen MR) is 92.4 cm³/mol. The number of hydrogen-bond donors (Lipinski definition) is 1. The summed E-state index contributed by atoms with van der Waals surface area (Å²) < 4.78 is 0. The normalized spacial score (nSPS) is 24.3. The number of rotatable bonds is 3. The Morgan fingerprint density at radius 3 is 2.62 bits per heavy atom. The maximum absolute atomic E-state index is 6.27. The maximum Gasteiger partial charge on any atom is 0.0453 e. The van der Waals surface area contributed by atoms with Gasteiger partial charge in [0, 0.05) is 41.8 Å². The third-order valence-electron chi connectivity index (χ3n) is 4.43. The van der Waals surface area contributed by atoms with E-state index in [1.807, 2.05) is 18.2 Å². The van der Waals surface area contributed by atoms with Crippen molar-refractivity contribution in [2.24, 2.45) is 5.41 Å². The molecule has 2 nitrogen and oxygen atoms in total. The van der Waals surface area contributed by atoms with Crippen LogP contribution >= 0.6 is 23.2 Å². The third-order valence-corrected chi connectivity index (χ3v) is 5.02. The van der Waals surface area contributed by atoms with Crippen LogP contribution in [0.25, 0.3) is 0 Å². The molecule has 0 radical (unpaired) electrons. The molecule has 1 aliphatic heterocycles. The van der Waals surface area contributed by atoms with Crippen LogP contribution in [0, 0.1) is 5.41 Å². The maximum atomic E-state index is 6.27. The largest absolute Gasteiger partial charge is 0.311 e. The number of benzene rings is 1. The fourth-order valence-electron chi connectivity index (χ4n) is 2.80. The molecular formula is C17H26Cl2N2. The lowest BCUT2D eigenvalue weighted by molar-refractivity contribution is 0.0948. The van der Waals surface area contributed by atoms with Gasteiger partial charge in [0.25, 0.3) is 0 Å². The summed E-state index contributed by atoms with van der Waals surface area (Å²) in [5, 5.41) is 5.15. The summed E-state index contributed by atoms with van der Waals surface area (Å²) in [4.78, 5) is 2.57. The van der Waals surface area contributed by atoms with Gasteiger partial charge in [-0.15, -0.1) is 0 Å². The SMILES string of the molecule is CC1CNC(C(C)(C)C)CN1CCc1ccc(Cl)cc1Cl. The fourth-order valence-corrected chi connectivity index (χ4v) is 3.30. The molecule has 0 aromatic heterocycles. The van der Waals surface area contributed by atoms with Crippen molar-refractivity contribution in [1.29, 1.82) is 0 Å². The van der Waals surface area contributed by atoms with Gasteiger partial charge in [0.05, 0.1) is 0 Å². The van der Waals surface area contributed by atoms with Gasteiger partial charge >= 0.3 is 0 Å². The van der Waals surface area contributed by atoms with Crippen LogP contribution in [-0.2, 0) is 6.42 Å². The molecule has 0 aliphatic carbocycles. The van der Waals surface area contributed by atoms with E-state index in [4.69, 9.17) is 23.2 Å². The molecule has 1 aromatic rings. The van der Waals surface area contributed by atoms with Gasteiger partial charge in [0.15, 0.2) is 0 Å². The van der Waals surface area contributed by atoms with Gasteiger partial charge in [0.1, 0.15) is 0 Å². The van der Waals surface area contributed by atoms with Crippen LogP contribution in [0.5, 0.6) is 0 Å². The zero-order valence-electron chi connectivity index (χ0n) is 13.4. The highest BCUT2D eigenvalue weighted by molar-refractivity contribution is 6.35. The van der Waals surface area contributed by atoms with Crippen LogP contribution in [0.1, 0.15) is 33.3 Å². The van der Waals surface area contributed by atoms with E-state index in [1.54, 1.807) is 0 Å². The molecule has 118 valence electrons. The molecule has 0 spiro atoms. The van der Waals surface area contributed by atoms with Crippen molar-refractivity contribution in [2.45, 2.75) is 46.2 Å². The molecule has 1 aromatic carbocycles. The Morgan fingerprint density at radius 1 is 1.29 bits per heavy atom. The Labute approximate surface area is 138 Å². The van der Waals surface area contributed by atoms with Crippen LogP contribution < -0.4 is 5.32 Å². The third kappa shape index (κ3) is 4.59. The molecule has 1 N–H and O–H groups in total. The average molecular weight is 329 g/mol. The molecule has 1 saturated heterocycles. The Bertz CT molecular complexity index is 482. The van der Waals surface area contributed by atoms with E-state index in [0.29, 0.717) is 17.1 Å². The first kappa shape index (κ1) is 17.1. The van der Waals surface area contributed by atoms with Crippen molar-refractivity contribution in [3.63, 3.8) is 0 Å². The van der Waals surface area contributed by atoms with Crippen molar-refractivity contribution < 1.29 is 0 Å². The summed E-state index contributed by atoms with van der Waals surface area (Å²) in [7, 11) is 0. The van der Waals surface area contributed by atoms with Gasteiger partial charge < -0.3 is 5.32 Å². The van der Waals surface area contributed by atoms with E-state index in [2.05, 4.69) is 37.9 Å². The number of nitrogens with zero attached hydrogens (tertiary/aromatic N) is 1. The minimum Gasteiger partial charge on any atom is -0.311 e. The molecule has 0 saturated carbocycles. The first-order valence-electron chi connectivity index (χ1n) is 7.68. The summed E-state index contributed by atoms with van der Waals surface area (Å²) in [5.41, 5.74) is 1.47. The van der Waals surface area contributed by atoms with E-state index in [1.165, 1.54) is 5.56 Å². The van der Waals surface area contributed by atoms with E-state index in [9.17, 15) is 0 Å². The molecule has 2 atom stereocenters. The van der Waals surface area contributed by atoms with E-state index >= 15 is 0 Å². The molecule has 4 heteroatoms. The summed E-state index contributed by atoms with van der Waals surface area (Å²) in [5.74, 6) is 0. The first-order valence-corrected chi connectivity index (χ1v) is 8.44. The van der Waals surface area contributed by atoms with Crippen molar-refractivity contribution in [1.82, 2.24) is 10.2 Å². The highest BCUT2D eigenvalue weighted by Crippen LogP contribution is 2.25. The van der Waals surface area contributed by atoms with Gasteiger partial charge in [-0.3, -0.25) is 4.90 Å². The van der Waals surface area contributed by atoms with Gasteiger partial charge in [-0.25, -0.2) is 0 Å². The smallest absolute Gasteiger partial charge is 0.0453 e. The number of hydrogen-bond acceptors (Lipinski definition) is 2. The van der Waals surface area contributed by atoms with Crippen LogP contribution in [0.3, 0.4) is 0 Å². The molecule has 21 heavy (non-hydrogen) atoms. The zero-order valence-corrected chi connectivity index (χ0v) is 14.9. The molecule has 2 rings (SSSR count). The van der Waals surface area contributed by atoms with E-state index < -0.39 is 0 Å². The Balaban J connectivity index is 1.97. The average Bonchev–Trinajstić information content (AvgIpc) is 2.38. The van der Waals surface area contributed by atoms with Crippen LogP contribution in [-0.4, -0.2) is 36.6 Å². The predicted octanol–water partition coefficient (Wildman–Crippen LogP) is 4.24. The molecule has 1 fully saturated rings. The van der Waals surface area contributed by atoms with Crippen molar-refractivity contribution >= 4 is 23.2 Å². The standard InChI is InChI=1S/C17H26Cl2N2/c1-12-10-20-16(17(2,3)4)11-21(12)8-7-13-5-6-14(18)9-15(13)19/h5-6,9,12,16,20H,7-8,10-11H2,1-4H3. The van der Waals surface area contributed by atoms with Crippen LogP contribution in [0.4, 0.5) is 0 Å². The van der Waals surface area contributed by atoms with Gasteiger partial charge in [-0.1, -0.05) is 50.0 Å². The number of halogens is 2. The molecule has 1 aliphatic rings. The second-order valence-corrected chi connectivity index (χ2v) is 8.00. The van der Waals surface area contributed by atoms with Crippen molar-refractivity contribution in [3.8, 4) is 0 Å². The number of piperazine rings is 1. The van der Waals surface area contributed by atoms with E-state index in [0.717, 1.165) is 31.1 Å². The second kappa shape index (κ2) is 6.87. The fraction of sp³-hybridized carbons (Fsp3) is 0.647. The topological polar surface area (TPSA) is 15.3 Å². The van der Waals surface area contributed by atoms with Crippen molar-refractivity contribution in [2.75, 3.05) is 19.6 Å². The lowest BCUT2D eigenvalue weighted by atomic mass is 9.84.